The van der Waals surface area contributed by atoms with Crippen molar-refractivity contribution in [1.29, 1.82) is 0 Å². The summed E-state index contributed by atoms with van der Waals surface area (Å²) in [6, 6.07) is 3.89. The Labute approximate surface area is 130 Å². The molecule has 1 aromatic rings. The maximum Gasteiger partial charge on any atom is 0.326 e. The van der Waals surface area contributed by atoms with Gasteiger partial charge in [0.2, 0.25) is 0 Å². The monoisotopic (exact) mass is 309 g/mol. The summed E-state index contributed by atoms with van der Waals surface area (Å²) in [6.07, 6.45) is 2.27. The van der Waals surface area contributed by atoms with Crippen LogP contribution < -0.4 is 14.8 Å². The zero-order valence-electron chi connectivity index (χ0n) is 13.2. The number of ether oxygens (including phenoxy) is 2. The third-order valence-corrected chi connectivity index (χ3v) is 3.19. The highest BCUT2D eigenvalue weighted by molar-refractivity contribution is 5.97. The summed E-state index contributed by atoms with van der Waals surface area (Å²) in [5.74, 6) is -0.486. The van der Waals surface area contributed by atoms with E-state index >= 15 is 0 Å². The van der Waals surface area contributed by atoms with Gasteiger partial charge < -0.3 is 19.9 Å². The number of aliphatic carboxylic acids is 1. The van der Waals surface area contributed by atoms with Crippen LogP contribution in [0.5, 0.6) is 11.5 Å². The summed E-state index contributed by atoms with van der Waals surface area (Å²) in [5.41, 5.74) is 0.333. The summed E-state index contributed by atoms with van der Waals surface area (Å²) in [4.78, 5) is 23.0. The number of carbonyl (C=O) groups is 2. The van der Waals surface area contributed by atoms with Gasteiger partial charge in [0, 0.05) is 5.56 Å². The lowest BCUT2D eigenvalue weighted by atomic mass is 10.1. The first kappa shape index (κ1) is 17.8. The van der Waals surface area contributed by atoms with Crippen molar-refractivity contribution in [2.75, 3.05) is 13.7 Å². The first-order chi connectivity index (χ1) is 10.5. The molecule has 0 saturated heterocycles. The van der Waals surface area contributed by atoms with Crippen LogP contribution in [0.1, 0.15) is 43.5 Å². The van der Waals surface area contributed by atoms with Gasteiger partial charge in [0.25, 0.3) is 5.91 Å². The third kappa shape index (κ3) is 4.95. The SMILES string of the molecule is CCCCOc1ccc(C(=O)NC(CC)C(=O)O)cc1OC. The maximum absolute atomic E-state index is 12.1. The fourth-order valence-electron chi connectivity index (χ4n) is 1.83. The van der Waals surface area contributed by atoms with Crippen LogP contribution in [0.25, 0.3) is 0 Å². The van der Waals surface area contributed by atoms with Crippen molar-refractivity contribution in [2.24, 2.45) is 0 Å². The number of carboxylic acid groups (broad SMARTS) is 1. The molecule has 122 valence electrons. The smallest absolute Gasteiger partial charge is 0.326 e. The van der Waals surface area contributed by atoms with Crippen LogP contribution in [-0.2, 0) is 4.79 Å². The van der Waals surface area contributed by atoms with E-state index in [9.17, 15) is 9.59 Å². The molecule has 2 N–H and O–H groups in total. The molecule has 1 unspecified atom stereocenters. The molecule has 0 saturated carbocycles. The number of hydrogen-bond donors (Lipinski definition) is 2. The van der Waals surface area contributed by atoms with Gasteiger partial charge in [-0.05, 0) is 31.0 Å². The van der Waals surface area contributed by atoms with Gasteiger partial charge in [-0.15, -0.1) is 0 Å². The summed E-state index contributed by atoms with van der Waals surface area (Å²) in [6.45, 7) is 4.35. The number of carboxylic acids is 1. The minimum atomic E-state index is -1.05. The second-order valence-electron chi connectivity index (χ2n) is 4.84. The summed E-state index contributed by atoms with van der Waals surface area (Å²) < 4.78 is 10.8. The number of unbranched alkanes of at least 4 members (excludes halogenated alkanes) is 1. The summed E-state index contributed by atoms with van der Waals surface area (Å²) in [5, 5.41) is 11.4. The molecule has 0 aromatic heterocycles. The summed E-state index contributed by atoms with van der Waals surface area (Å²) >= 11 is 0. The molecule has 6 nitrogen and oxygen atoms in total. The lowest BCUT2D eigenvalue weighted by Gasteiger charge is -2.14. The van der Waals surface area contributed by atoms with Crippen molar-refractivity contribution in [3.8, 4) is 11.5 Å². The highest BCUT2D eigenvalue weighted by Gasteiger charge is 2.19. The molecule has 0 radical (unpaired) electrons. The molecule has 0 aliphatic carbocycles. The van der Waals surface area contributed by atoms with Crippen LogP contribution in [0.4, 0.5) is 0 Å². The van der Waals surface area contributed by atoms with E-state index in [1.165, 1.54) is 7.11 Å². The lowest BCUT2D eigenvalue weighted by Crippen LogP contribution is -2.40. The Morgan fingerprint density at radius 1 is 1.27 bits per heavy atom. The molecule has 1 atom stereocenters. The van der Waals surface area contributed by atoms with Crippen molar-refractivity contribution in [3.63, 3.8) is 0 Å². The predicted octanol–water partition coefficient (Wildman–Crippen LogP) is 2.47. The molecule has 0 aliphatic rings. The average Bonchev–Trinajstić information content (AvgIpc) is 2.52. The molecular formula is C16H23NO5. The molecule has 0 fully saturated rings. The zero-order chi connectivity index (χ0) is 16.5. The fraction of sp³-hybridized carbons (Fsp3) is 0.500. The average molecular weight is 309 g/mol. The minimum Gasteiger partial charge on any atom is -0.493 e. The number of hydrogen-bond acceptors (Lipinski definition) is 4. The molecule has 0 aliphatic heterocycles. The second-order valence-corrected chi connectivity index (χ2v) is 4.84. The van der Waals surface area contributed by atoms with Gasteiger partial charge in [0.05, 0.1) is 13.7 Å². The van der Waals surface area contributed by atoms with Crippen LogP contribution in [0.3, 0.4) is 0 Å². The van der Waals surface area contributed by atoms with Crippen molar-refractivity contribution in [1.82, 2.24) is 5.32 Å². The standard InChI is InChI=1S/C16H23NO5/c1-4-6-9-22-13-8-7-11(10-14(13)21-3)15(18)17-12(5-2)16(19)20/h7-8,10,12H,4-6,9H2,1-3H3,(H,17,18)(H,19,20). The van der Waals surface area contributed by atoms with Crippen molar-refractivity contribution in [2.45, 2.75) is 39.2 Å². The first-order valence-electron chi connectivity index (χ1n) is 7.37. The molecule has 0 bridgehead atoms. The van der Waals surface area contributed by atoms with Crippen molar-refractivity contribution >= 4 is 11.9 Å². The predicted molar refractivity (Wildman–Crippen MR) is 82.6 cm³/mol. The van der Waals surface area contributed by atoms with Gasteiger partial charge in [-0.3, -0.25) is 4.79 Å². The zero-order valence-corrected chi connectivity index (χ0v) is 13.2. The molecule has 1 amide bonds. The van der Waals surface area contributed by atoms with Crippen LogP contribution in [0.2, 0.25) is 0 Å². The number of carbonyl (C=O) groups excluding carboxylic acids is 1. The Morgan fingerprint density at radius 2 is 2.00 bits per heavy atom. The number of rotatable bonds is 9. The van der Waals surface area contributed by atoms with Gasteiger partial charge in [-0.1, -0.05) is 20.3 Å². The Kier molecular flexibility index (Phi) is 7.22. The second kappa shape index (κ2) is 8.92. The Hall–Kier alpha value is -2.24. The highest BCUT2D eigenvalue weighted by atomic mass is 16.5. The minimum absolute atomic E-state index is 0.316. The van der Waals surface area contributed by atoms with Crippen LogP contribution >= 0.6 is 0 Å². The molecule has 22 heavy (non-hydrogen) atoms. The van der Waals surface area contributed by atoms with E-state index in [1.54, 1.807) is 25.1 Å². The van der Waals surface area contributed by atoms with E-state index in [-0.39, 0.29) is 0 Å². The molecule has 1 rings (SSSR count). The van der Waals surface area contributed by atoms with E-state index < -0.39 is 17.9 Å². The van der Waals surface area contributed by atoms with E-state index in [4.69, 9.17) is 14.6 Å². The topological polar surface area (TPSA) is 84.9 Å². The van der Waals surface area contributed by atoms with E-state index in [2.05, 4.69) is 12.2 Å². The van der Waals surface area contributed by atoms with E-state index in [0.29, 0.717) is 30.1 Å². The van der Waals surface area contributed by atoms with E-state index in [0.717, 1.165) is 12.8 Å². The molecular weight excluding hydrogens is 286 g/mol. The normalized spacial score (nSPS) is 11.6. The first-order valence-corrected chi connectivity index (χ1v) is 7.37. The Balaban J connectivity index is 2.83. The molecule has 0 heterocycles. The van der Waals surface area contributed by atoms with Gasteiger partial charge in [-0.25, -0.2) is 4.79 Å². The van der Waals surface area contributed by atoms with Crippen LogP contribution in [0, 0.1) is 0 Å². The largest absolute Gasteiger partial charge is 0.493 e. The molecule has 0 spiro atoms. The molecule has 1 aromatic carbocycles. The Bertz CT molecular complexity index is 515. The fourth-order valence-corrected chi connectivity index (χ4v) is 1.83. The van der Waals surface area contributed by atoms with Crippen molar-refractivity contribution in [3.05, 3.63) is 23.8 Å². The summed E-state index contributed by atoms with van der Waals surface area (Å²) in [7, 11) is 1.50. The van der Waals surface area contributed by atoms with Gasteiger partial charge >= 0.3 is 5.97 Å². The van der Waals surface area contributed by atoms with Gasteiger partial charge in [0.1, 0.15) is 6.04 Å². The van der Waals surface area contributed by atoms with E-state index in [1.807, 2.05) is 0 Å². The van der Waals surface area contributed by atoms with Crippen LogP contribution in [0.15, 0.2) is 18.2 Å². The number of amides is 1. The highest BCUT2D eigenvalue weighted by Crippen LogP contribution is 2.28. The number of nitrogens with one attached hydrogen (secondary N) is 1. The third-order valence-electron chi connectivity index (χ3n) is 3.19. The number of methoxy groups -OCH3 is 1. The Morgan fingerprint density at radius 3 is 2.55 bits per heavy atom. The van der Waals surface area contributed by atoms with Crippen LogP contribution in [-0.4, -0.2) is 36.7 Å². The molecule has 6 heteroatoms. The number of benzene rings is 1. The lowest BCUT2D eigenvalue weighted by molar-refractivity contribution is -0.139. The van der Waals surface area contributed by atoms with Gasteiger partial charge in [0.15, 0.2) is 11.5 Å². The van der Waals surface area contributed by atoms with Gasteiger partial charge in [-0.2, -0.15) is 0 Å². The van der Waals surface area contributed by atoms with Crippen molar-refractivity contribution < 1.29 is 24.2 Å². The quantitative estimate of drug-likeness (QED) is 0.684. The maximum atomic E-state index is 12.1.